The van der Waals surface area contributed by atoms with E-state index in [0.717, 1.165) is 0 Å². The molecule has 5 nitrogen and oxygen atoms in total. The van der Waals surface area contributed by atoms with E-state index in [1.165, 1.54) is 28.8 Å². The maximum Gasteiger partial charge on any atom is 0.265 e. The van der Waals surface area contributed by atoms with Crippen LogP contribution in [0.3, 0.4) is 0 Å². The predicted octanol–water partition coefficient (Wildman–Crippen LogP) is 2.53. The third kappa shape index (κ3) is 2.71. The minimum atomic E-state index is -3.76. The van der Waals surface area contributed by atoms with Crippen LogP contribution in [-0.4, -0.2) is 19.9 Å². The van der Waals surface area contributed by atoms with Crippen molar-refractivity contribution in [2.45, 2.75) is 11.8 Å². The van der Waals surface area contributed by atoms with E-state index in [1.807, 2.05) is 0 Å². The SMILES string of the molecule is CCN(c1ccncc1)S(=O)(=O)c1cc(N)ccc1Cl. The second-order valence-electron chi connectivity index (χ2n) is 4.07. The summed E-state index contributed by atoms with van der Waals surface area (Å²) >= 11 is 6.00. The largest absolute Gasteiger partial charge is 0.399 e. The molecule has 0 unspecified atom stereocenters. The number of anilines is 2. The minimum absolute atomic E-state index is 0.00201. The van der Waals surface area contributed by atoms with Crippen LogP contribution < -0.4 is 10.0 Å². The van der Waals surface area contributed by atoms with Gasteiger partial charge in [0.15, 0.2) is 0 Å². The molecule has 0 atom stereocenters. The van der Waals surface area contributed by atoms with Crippen LogP contribution in [0.15, 0.2) is 47.6 Å². The topological polar surface area (TPSA) is 76.3 Å². The molecule has 0 saturated carbocycles. The zero-order chi connectivity index (χ0) is 14.8. The molecule has 1 heterocycles. The van der Waals surface area contributed by atoms with Crippen molar-refractivity contribution in [3.05, 3.63) is 47.7 Å². The molecule has 0 aliphatic rings. The van der Waals surface area contributed by atoms with E-state index in [9.17, 15) is 8.42 Å². The Bertz CT molecular complexity index is 705. The molecular formula is C13H14ClN3O2S. The minimum Gasteiger partial charge on any atom is -0.399 e. The first-order chi connectivity index (χ1) is 9.46. The van der Waals surface area contributed by atoms with Crippen LogP contribution in [-0.2, 0) is 10.0 Å². The number of hydrogen-bond donors (Lipinski definition) is 1. The van der Waals surface area contributed by atoms with Crippen molar-refractivity contribution in [3.8, 4) is 0 Å². The first-order valence-electron chi connectivity index (χ1n) is 5.94. The smallest absolute Gasteiger partial charge is 0.265 e. The lowest BCUT2D eigenvalue weighted by Crippen LogP contribution is -2.31. The molecule has 106 valence electrons. The van der Waals surface area contributed by atoms with Crippen LogP contribution in [0, 0.1) is 0 Å². The molecule has 7 heteroatoms. The summed E-state index contributed by atoms with van der Waals surface area (Å²) in [5.74, 6) is 0. The quantitative estimate of drug-likeness (QED) is 0.880. The molecule has 0 saturated heterocycles. The predicted molar refractivity (Wildman–Crippen MR) is 80.3 cm³/mol. The molecular weight excluding hydrogens is 298 g/mol. The lowest BCUT2D eigenvalue weighted by molar-refractivity contribution is 0.592. The number of nitrogens with zero attached hydrogens (tertiary/aromatic N) is 2. The maximum atomic E-state index is 12.7. The highest BCUT2D eigenvalue weighted by atomic mass is 35.5. The number of nitrogen functional groups attached to an aromatic ring is 1. The van der Waals surface area contributed by atoms with E-state index in [0.29, 0.717) is 11.4 Å². The first kappa shape index (κ1) is 14.6. The number of halogens is 1. The molecule has 0 spiro atoms. The average molecular weight is 312 g/mol. The van der Waals surface area contributed by atoms with Gasteiger partial charge in [-0.15, -0.1) is 0 Å². The van der Waals surface area contributed by atoms with E-state index >= 15 is 0 Å². The summed E-state index contributed by atoms with van der Waals surface area (Å²) in [6, 6.07) is 7.65. The number of benzene rings is 1. The molecule has 0 fully saturated rings. The second-order valence-corrected chi connectivity index (χ2v) is 6.30. The van der Waals surface area contributed by atoms with Crippen molar-refractivity contribution in [2.24, 2.45) is 0 Å². The lowest BCUT2D eigenvalue weighted by Gasteiger charge is -2.23. The van der Waals surface area contributed by atoms with Gasteiger partial charge >= 0.3 is 0 Å². The highest BCUT2D eigenvalue weighted by molar-refractivity contribution is 7.93. The molecule has 1 aromatic heterocycles. The summed E-state index contributed by atoms with van der Waals surface area (Å²) in [7, 11) is -3.76. The average Bonchev–Trinajstić information content (AvgIpc) is 2.43. The second kappa shape index (κ2) is 5.68. The summed E-state index contributed by atoms with van der Waals surface area (Å²) in [6.45, 7) is 2.02. The highest BCUT2D eigenvalue weighted by Gasteiger charge is 2.26. The fraction of sp³-hybridized carbons (Fsp3) is 0.154. The molecule has 20 heavy (non-hydrogen) atoms. The maximum absolute atomic E-state index is 12.7. The van der Waals surface area contributed by atoms with Crippen LogP contribution in [0.25, 0.3) is 0 Å². The Morgan fingerprint density at radius 1 is 1.25 bits per heavy atom. The van der Waals surface area contributed by atoms with Crippen LogP contribution in [0.4, 0.5) is 11.4 Å². The van der Waals surface area contributed by atoms with Crippen molar-refractivity contribution in [1.29, 1.82) is 0 Å². The van der Waals surface area contributed by atoms with Gasteiger partial charge in [-0.05, 0) is 37.3 Å². The Kier molecular flexibility index (Phi) is 4.15. The van der Waals surface area contributed by atoms with Gasteiger partial charge in [-0.25, -0.2) is 8.42 Å². The van der Waals surface area contributed by atoms with Crippen molar-refractivity contribution in [1.82, 2.24) is 4.98 Å². The van der Waals surface area contributed by atoms with Gasteiger partial charge in [0.05, 0.1) is 10.7 Å². The summed E-state index contributed by atoms with van der Waals surface area (Å²) < 4.78 is 26.7. The monoisotopic (exact) mass is 311 g/mol. The Morgan fingerprint density at radius 2 is 1.90 bits per heavy atom. The molecule has 0 aliphatic carbocycles. The first-order valence-corrected chi connectivity index (χ1v) is 7.76. The number of nitrogens with two attached hydrogens (primary N) is 1. The van der Waals surface area contributed by atoms with Crippen LogP contribution >= 0.6 is 11.6 Å². The fourth-order valence-corrected chi connectivity index (χ4v) is 3.82. The van der Waals surface area contributed by atoms with E-state index < -0.39 is 10.0 Å². The van der Waals surface area contributed by atoms with Gasteiger partial charge in [-0.2, -0.15) is 0 Å². The Labute approximate surface area is 123 Å². The van der Waals surface area contributed by atoms with Gasteiger partial charge in [0.2, 0.25) is 0 Å². The van der Waals surface area contributed by atoms with Crippen LogP contribution in [0.1, 0.15) is 6.92 Å². The zero-order valence-electron chi connectivity index (χ0n) is 10.8. The van der Waals surface area contributed by atoms with Gasteiger partial charge in [-0.3, -0.25) is 9.29 Å². The van der Waals surface area contributed by atoms with E-state index in [4.69, 9.17) is 17.3 Å². The lowest BCUT2D eigenvalue weighted by atomic mass is 10.3. The summed E-state index contributed by atoms with van der Waals surface area (Å²) in [6.07, 6.45) is 3.07. The summed E-state index contributed by atoms with van der Waals surface area (Å²) in [5, 5.41) is 0.145. The van der Waals surface area contributed by atoms with Crippen molar-refractivity contribution >= 4 is 33.0 Å². The molecule has 0 bridgehead atoms. The normalized spacial score (nSPS) is 11.3. The molecule has 0 amide bonds. The van der Waals surface area contributed by atoms with Gasteiger partial charge in [0.1, 0.15) is 4.90 Å². The van der Waals surface area contributed by atoms with Gasteiger partial charge in [-0.1, -0.05) is 11.6 Å². The van der Waals surface area contributed by atoms with E-state index in [1.54, 1.807) is 25.1 Å². The molecule has 2 aromatic rings. The number of rotatable bonds is 4. The van der Waals surface area contributed by atoms with E-state index in [2.05, 4.69) is 4.98 Å². The summed E-state index contributed by atoms with van der Waals surface area (Å²) in [4.78, 5) is 3.88. The van der Waals surface area contributed by atoms with Gasteiger partial charge < -0.3 is 5.73 Å². The molecule has 1 aromatic carbocycles. The van der Waals surface area contributed by atoms with Crippen molar-refractivity contribution in [3.63, 3.8) is 0 Å². The van der Waals surface area contributed by atoms with Gasteiger partial charge in [0, 0.05) is 24.6 Å². The molecule has 0 aliphatic heterocycles. The van der Waals surface area contributed by atoms with Crippen LogP contribution in [0.2, 0.25) is 5.02 Å². The Balaban J connectivity index is 2.56. The third-order valence-electron chi connectivity index (χ3n) is 2.76. The zero-order valence-corrected chi connectivity index (χ0v) is 12.4. The molecule has 2 N–H and O–H groups in total. The van der Waals surface area contributed by atoms with Crippen LogP contribution in [0.5, 0.6) is 0 Å². The standard InChI is InChI=1S/C13H14ClN3O2S/c1-2-17(11-5-7-16-8-6-11)20(18,19)13-9-10(15)3-4-12(13)14/h3-9H,2,15H2,1H3. The highest BCUT2D eigenvalue weighted by Crippen LogP contribution is 2.29. The Morgan fingerprint density at radius 3 is 2.50 bits per heavy atom. The number of pyridine rings is 1. The van der Waals surface area contributed by atoms with Crippen molar-refractivity contribution in [2.75, 3.05) is 16.6 Å². The number of aromatic nitrogens is 1. The van der Waals surface area contributed by atoms with Crippen molar-refractivity contribution < 1.29 is 8.42 Å². The number of sulfonamides is 1. The fourth-order valence-electron chi connectivity index (χ4n) is 1.84. The summed E-state index contributed by atoms with van der Waals surface area (Å²) in [5.41, 5.74) is 6.53. The third-order valence-corrected chi connectivity index (χ3v) is 5.15. The molecule has 2 rings (SSSR count). The number of hydrogen-bond acceptors (Lipinski definition) is 4. The van der Waals surface area contributed by atoms with Gasteiger partial charge in [0.25, 0.3) is 10.0 Å². The Hall–Kier alpha value is -1.79. The van der Waals surface area contributed by atoms with E-state index in [-0.39, 0.29) is 16.5 Å². The molecule has 0 radical (unpaired) electrons.